The highest BCUT2D eigenvalue weighted by Gasteiger charge is 2.08. The van der Waals surface area contributed by atoms with Crippen LogP contribution in [0.25, 0.3) is 11.0 Å². The lowest BCUT2D eigenvalue weighted by Crippen LogP contribution is -2.15. The van der Waals surface area contributed by atoms with Crippen molar-refractivity contribution in [3.05, 3.63) is 30.1 Å². The van der Waals surface area contributed by atoms with Crippen LogP contribution in [0.15, 0.2) is 24.3 Å². The molecule has 0 aliphatic heterocycles. The van der Waals surface area contributed by atoms with E-state index < -0.39 is 0 Å². The largest absolute Gasteiger partial charge is 0.327 e. The smallest absolute Gasteiger partial charge is 0.124 e. The topological polar surface area (TPSA) is 21.1 Å². The third-order valence-corrected chi connectivity index (χ3v) is 3.08. The van der Waals surface area contributed by atoms with Crippen LogP contribution in [-0.4, -0.2) is 35.1 Å². The molecule has 0 radical (unpaired) electrons. The average molecular weight is 252 g/mol. The van der Waals surface area contributed by atoms with Crippen LogP contribution in [0.4, 0.5) is 0 Å². The predicted octanol–water partition coefficient (Wildman–Crippen LogP) is 2.73. The van der Waals surface area contributed by atoms with Crippen LogP contribution in [0.1, 0.15) is 12.2 Å². The summed E-state index contributed by atoms with van der Waals surface area (Å²) < 4.78 is 2.23. The summed E-state index contributed by atoms with van der Waals surface area (Å²) in [5.74, 6) is 1.43. The predicted molar refractivity (Wildman–Crippen MR) is 72.5 cm³/mol. The van der Waals surface area contributed by atoms with E-state index >= 15 is 0 Å². The van der Waals surface area contributed by atoms with Crippen molar-refractivity contribution in [3.8, 4) is 0 Å². The van der Waals surface area contributed by atoms with Gasteiger partial charge in [-0.1, -0.05) is 12.1 Å². The van der Waals surface area contributed by atoms with E-state index in [2.05, 4.69) is 34.6 Å². The van der Waals surface area contributed by atoms with Crippen molar-refractivity contribution in [2.75, 3.05) is 20.6 Å². The Morgan fingerprint density at radius 1 is 1.29 bits per heavy atom. The summed E-state index contributed by atoms with van der Waals surface area (Å²) in [5.41, 5.74) is 2.22. The second kappa shape index (κ2) is 5.52. The molecule has 2 rings (SSSR count). The van der Waals surface area contributed by atoms with Crippen LogP contribution in [-0.2, 0) is 12.4 Å². The van der Waals surface area contributed by atoms with Crippen molar-refractivity contribution < 1.29 is 0 Å². The standard InChI is InChI=1S/C13H18ClN3/c1-16(2)8-5-9-17-12-7-4-3-6-11(12)15-13(17)10-14/h3-4,6-7H,5,8-10H2,1-2H3. The SMILES string of the molecule is CN(C)CCCn1c(CCl)nc2ccccc21. The van der Waals surface area contributed by atoms with E-state index in [4.69, 9.17) is 11.6 Å². The van der Waals surface area contributed by atoms with Gasteiger partial charge in [-0.25, -0.2) is 4.98 Å². The molecule has 0 aliphatic rings. The maximum atomic E-state index is 5.95. The fraction of sp³-hybridized carbons (Fsp3) is 0.462. The number of hydrogen-bond acceptors (Lipinski definition) is 2. The molecule has 0 spiro atoms. The Kier molecular flexibility index (Phi) is 4.02. The van der Waals surface area contributed by atoms with E-state index in [-0.39, 0.29) is 0 Å². The van der Waals surface area contributed by atoms with Crippen molar-refractivity contribution in [3.63, 3.8) is 0 Å². The summed E-state index contributed by atoms with van der Waals surface area (Å²) in [6, 6.07) is 8.20. The van der Waals surface area contributed by atoms with Gasteiger partial charge in [0.05, 0.1) is 16.9 Å². The van der Waals surface area contributed by atoms with Gasteiger partial charge in [0.25, 0.3) is 0 Å². The number of imidazole rings is 1. The molecule has 1 aromatic carbocycles. The van der Waals surface area contributed by atoms with Gasteiger partial charge in [-0.3, -0.25) is 0 Å². The second-order valence-electron chi connectivity index (χ2n) is 4.46. The highest BCUT2D eigenvalue weighted by molar-refractivity contribution is 6.16. The molecule has 4 heteroatoms. The van der Waals surface area contributed by atoms with Crippen molar-refractivity contribution in [2.24, 2.45) is 0 Å². The molecule has 17 heavy (non-hydrogen) atoms. The first kappa shape index (κ1) is 12.4. The van der Waals surface area contributed by atoms with Gasteiger partial charge in [0, 0.05) is 6.54 Å². The molecule has 0 atom stereocenters. The summed E-state index contributed by atoms with van der Waals surface area (Å²) in [6.45, 7) is 2.05. The minimum Gasteiger partial charge on any atom is -0.327 e. The molecule has 92 valence electrons. The maximum Gasteiger partial charge on any atom is 0.124 e. The first-order valence-corrected chi connectivity index (χ1v) is 6.40. The molecule has 0 unspecified atom stereocenters. The fourth-order valence-corrected chi connectivity index (χ4v) is 2.23. The van der Waals surface area contributed by atoms with E-state index in [0.29, 0.717) is 5.88 Å². The van der Waals surface area contributed by atoms with E-state index in [9.17, 15) is 0 Å². The summed E-state index contributed by atoms with van der Waals surface area (Å²) in [4.78, 5) is 6.74. The first-order chi connectivity index (χ1) is 8.22. The van der Waals surface area contributed by atoms with Gasteiger partial charge in [-0.05, 0) is 39.2 Å². The maximum absolute atomic E-state index is 5.95. The molecule has 0 amide bonds. The molecular formula is C13H18ClN3. The van der Waals surface area contributed by atoms with Crippen LogP contribution in [0.5, 0.6) is 0 Å². The van der Waals surface area contributed by atoms with Crippen LogP contribution >= 0.6 is 11.6 Å². The molecule has 0 saturated heterocycles. The highest BCUT2D eigenvalue weighted by atomic mass is 35.5. The number of nitrogens with zero attached hydrogens (tertiary/aromatic N) is 3. The zero-order chi connectivity index (χ0) is 12.3. The van der Waals surface area contributed by atoms with Crippen molar-refractivity contribution in [1.82, 2.24) is 14.5 Å². The summed E-state index contributed by atoms with van der Waals surface area (Å²) >= 11 is 5.95. The van der Waals surface area contributed by atoms with Gasteiger partial charge >= 0.3 is 0 Å². The number of alkyl halides is 1. The number of rotatable bonds is 5. The Hall–Kier alpha value is -1.06. The van der Waals surface area contributed by atoms with Gasteiger partial charge in [0.15, 0.2) is 0 Å². The quantitative estimate of drug-likeness (QED) is 0.762. The zero-order valence-corrected chi connectivity index (χ0v) is 11.1. The fourth-order valence-electron chi connectivity index (χ4n) is 2.02. The van der Waals surface area contributed by atoms with Gasteiger partial charge in [-0.15, -0.1) is 11.6 Å². The lowest BCUT2D eigenvalue weighted by atomic mass is 10.3. The third-order valence-electron chi connectivity index (χ3n) is 2.84. The minimum atomic E-state index is 0.469. The number of hydrogen-bond donors (Lipinski definition) is 0. The number of halogens is 1. The van der Waals surface area contributed by atoms with E-state index in [1.165, 1.54) is 5.52 Å². The number of benzene rings is 1. The van der Waals surface area contributed by atoms with Crippen LogP contribution in [0, 0.1) is 0 Å². The van der Waals surface area contributed by atoms with Crippen LogP contribution < -0.4 is 0 Å². The Labute approximate surface area is 107 Å². The molecule has 1 heterocycles. The molecule has 1 aromatic heterocycles. The molecule has 3 nitrogen and oxygen atoms in total. The summed E-state index contributed by atoms with van der Waals surface area (Å²) in [7, 11) is 4.18. The molecule has 0 aliphatic carbocycles. The lowest BCUT2D eigenvalue weighted by Gasteiger charge is -2.11. The van der Waals surface area contributed by atoms with Crippen molar-refractivity contribution >= 4 is 22.6 Å². The molecule has 0 N–H and O–H groups in total. The number of aryl methyl sites for hydroxylation is 1. The number of aromatic nitrogens is 2. The molecule has 0 fully saturated rings. The summed E-state index contributed by atoms with van der Waals surface area (Å²) in [5, 5.41) is 0. The third kappa shape index (κ3) is 2.79. The highest BCUT2D eigenvalue weighted by Crippen LogP contribution is 2.17. The Morgan fingerprint density at radius 3 is 2.76 bits per heavy atom. The Balaban J connectivity index is 2.24. The van der Waals surface area contributed by atoms with E-state index in [0.717, 1.165) is 30.9 Å². The first-order valence-electron chi connectivity index (χ1n) is 5.87. The monoisotopic (exact) mass is 251 g/mol. The number of fused-ring (bicyclic) bond motifs is 1. The lowest BCUT2D eigenvalue weighted by molar-refractivity contribution is 0.386. The molecule has 0 saturated carbocycles. The Bertz CT molecular complexity index is 490. The van der Waals surface area contributed by atoms with Gasteiger partial charge in [0.2, 0.25) is 0 Å². The zero-order valence-electron chi connectivity index (χ0n) is 10.4. The van der Waals surface area contributed by atoms with Crippen molar-refractivity contribution in [1.29, 1.82) is 0 Å². The molecular weight excluding hydrogens is 234 g/mol. The molecule has 0 bridgehead atoms. The van der Waals surface area contributed by atoms with Gasteiger partial charge in [-0.2, -0.15) is 0 Å². The number of para-hydroxylation sites is 2. The van der Waals surface area contributed by atoms with E-state index in [1.54, 1.807) is 0 Å². The van der Waals surface area contributed by atoms with Gasteiger partial charge < -0.3 is 9.47 Å². The van der Waals surface area contributed by atoms with Crippen molar-refractivity contribution in [2.45, 2.75) is 18.8 Å². The normalized spacial score (nSPS) is 11.5. The second-order valence-corrected chi connectivity index (χ2v) is 4.73. The van der Waals surface area contributed by atoms with Crippen LogP contribution in [0.2, 0.25) is 0 Å². The Morgan fingerprint density at radius 2 is 2.06 bits per heavy atom. The van der Waals surface area contributed by atoms with Gasteiger partial charge in [0.1, 0.15) is 5.82 Å². The average Bonchev–Trinajstić information content (AvgIpc) is 2.67. The van der Waals surface area contributed by atoms with Crippen LogP contribution in [0.3, 0.4) is 0 Å². The summed E-state index contributed by atoms with van der Waals surface area (Å²) in [6.07, 6.45) is 1.11. The molecule has 2 aromatic rings. The van der Waals surface area contributed by atoms with E-state index in [1.807, 2.05) is 18.2 Å². The minimum absolute atomic E-state index is 0.469.